The van der Waals surface area contributed by atoms with Crippen molar-refractivity contribution < 1.29 is 39.1 Å². The fourth-order valence-electron chi connectivity index (χ4n) is 4.81. The average molecular weight is 521 g/mol. The Bertz CT molecular complexity index is 1230. The number of anilines is 1. The fourth-order valence-corrected chi connectivity index (χ4v) is 4.81. The second-order valence-corrected chi connectivity index (χ2v) is 10.8. The molecule has 5 rings (SSSR count). The van der Waals surface area contributed by atoms with Crippen LogP contribution in [0.4, 0.5) is 16.3 Å². The van der Waals surface area contributed by atoms with Gasteiger partial charge in [-0.15, -0.1) is 0 Å². The molecule has 2 aliphatic rings. The van der Waals surface area contributed by atoms with Crippen molar-refractivity contribution >= 4 is 23.3 Å². The van der Waals surface area contributed by atoms with Crippen molar-refractivity contribution in [3.05, 3.63) is 97.0 Å². The van der Waals surface area contributed by atoms with Crippen LogP contribution in [-0.4, -0.2) is 52.5 Å². The number of ether oxygens (including phenoxy) is 1. The molecule has 0 atom stereocenters. The SMILES string of the molecule is Cc1cc(N2CCN(C(=O)OC(C)(C)C)C3(CC3)C2)cnc1N=C(c1ccccc1)c1ccccc1.[CH3-].[Na+]. The predicted octanol–water partition coefficient (Wildman–Crippen LogP) is 3.60. The van der Waals surface area contributed by atoms with Gasteiger partial charge in [0.25, 0.3) is 0 Å². The number of nitrogens with zero attached hydrogens (tertiary/aromatic N) is 4. The number of rotatable bonds is 4. The minimum absolute atomic E-state index is 0. The normalized spacial score (nSPS) is 15.7. The van der Waals surface area contributed by atoms with Crippen LogP contribution in [0.1, 0.15) is 50.3 Å². The standard InChI is InChI=1S/C30H34N4O2.CH3.Na/c1-22-19-25(33-17-18-34(30(21-33)15-16-30)28(35)36-29(2,3)4)20-31-27(22)32-26(23-11-7-5-8-12-23)24-13-9-6-10-14-24;;/h5-14,19-20H,15-18,21H2,1-4H3;1H3;/q;-1;+1. The third-order valence-corrected chi connectivity index (χ3v) is 6.81. The summed E-state index contributed by atoms with van der Waals surface area (Å²) in [6.45, 7) is 10.0. The van der Waals surface area contributed by atoms with E-state index in [1.807, 2.05) is 68.3 Å². The van der Waals surface area contributed by atoms with Gasteiger partial charge in [0.1, 0.15) is 5.60 Å². The summed E-state index contributed by atoms with van der Waals surface area (Å²) in [7, 11) is 0. The summed E-state index contributed by atoms with van der Waals surface area (Å²) < 4.78 is 5.68. The molecule has 2 aromatic carbocycles. The summed E-state index contributed by atoms with van der Waals surface area (Å²) in [6, 6.07) is 22.6. The van der Waals surface area contributed by atoms with Gasteiger partial charge in [-0.25, -0.2) is 14.8 Å². The first-order valence-electron chi connectivity index (χ1n) is 12.7. The van der Waals surface area contributed by atoms with Gasteiger partial charge in [-0.05, 0) is 52.2 Å². The molecule has 6 nitrogen and oxygen atoms in total. The minimum Gasteiger partial charge on any atom is -0.444 e. The van der Waals surface area contributed by atoms with Crippen molar-refractivity contribution in [3.63, 3.8) is 0 Å². The Morgan fingerprint density at radius 2 is 1.55 bits per heavy atom. The Morgan fingerprint density at radius 3 is 2.05 bits per heavy atom. The van der Waals surface area contributed by atoms with E-state index >= 15 is 0 Å². The molecule has 2 heterocycles. The second kappa shape index (κ2) is 12.0. The third kappa shape index (κ3) is 6.66. The zero-order valence-electron chi connectivity index (χ0n) is 23.6. The van der Waals surface area contributed by atoms with Gasteiger partial charge in [-0.3, -0.25) is 4.90 Å². The van der Waals surface area contributed by atoms with Crippen LogP contribution in [0, 0.1) is 14.4 Å². The molecule has 0 radical (unpaired) electrons. The van der Waals surface area contributed by atoms with Crippen molar-refractivity contribution in [2.24, 2.45) is 4.99 Å². The van der Waals surface area contributed by atoms with Crippen molar-refractivity contribution in [2.45, 2.75) is 51.7 Å². The van der Waals surface area contributed by atoms with Crippen LogP contribution in [0.3, 0.4) is 0 Å². The maximum Gasteiger partial charge on any atom is 1.00 e. The molecule has 1 aromatic heterocycles. The molecule has 1 saturated carbocycles. The maximum absolute atomic E-state index is 12.8. The first-order valence-corrected chi connectivity index (χ1v) is 12.7. The summed E-state index contributed by atoms with van der Waals surface area (Å²) >= 11 is 0. The first kappa shape index (κ1) is 29.9. The van der Waals surface area contributed by atoms with E-state index in [9.17, 15) is 4.79 Å². The van der Waals surface area contributed by atoms with E-state index in [1.54, 1.807) is 0 Å². The number of aryl methyl sites for hydroxylation is 1. The van der Waals surface area contributed by atoms with Gasteiger partial charge >= 0.3 is 35.7 Å². The Hall–Kier alpha value is -2.67. The molecule has 1 saturated heterocycles. The number of carbonyl (C=O) groups excluding carboxylic acids is 1. The smallest absolute Gasteiger partial charge is 0.444 e. The molecule has 1 spiro atoms. The molecule has 3 aromatic rings. The number of pyridine rings is 1. The van der Waals surface area contributed by atoms with E-state index in [1.165, 1.54) is 0 Å². The number of aliphatic imine (C=N–C) groups is 1. The van der Waals surface area contributed by atoms with Gasteiger partial charge in [-0.1, -0.05) is 60.7 Å². The summed E-state index contributed by atoms with van der Waals surface area (Å²) in [5.41, 5.74) is 4.51. The van der Waals surface area contributed by atoms with Crippen LogP contribution in [0.5, 0.6) is 0 Å². The van der Waals surface area contributed by atoms with Crippen LogP contribution in [0.25, 0.3) is 0 Å². The minimum atomic E-state index is -0.486. The fraction of sp³-hybridized carbons (Fsp3) is 0.355. The Balaban J connectivity index is 0.00000200. The monoisotopic (exact) mass is 520 g/mol. The van der Waals surface area contributed by atoms with Crippen LogP contribution in [0.2, 0.25) is 0 Å². The van der Waals surface area contributed by atoms with Crippen LogP contribution in [-0.2, 0) is 4.74 Å². The van der Waals surface area contributed by atoms with E-state index in [2.05, 4.69) is 42.2 Å². The Labute approximate surface area is 249 Å². The number of hydrogen-bond donors (Lipinski definition) is 0. The number of aromatic nitrogens is 1. The summed E-state index contributed by atoms with van der Waals surface area (Å²) in [6.07, 6.45) is 3.73. The van der Waals surface area contributed by atoms with Crippen molar-refractivity contribution in [3.8, 4) is 0 Å². The Kier molecular flexibility index (Phi) is 9.45. The van der Waals surface area contributed by atoms with Crippen molar-refractivity contribution in [2.75, 3.05) is 24.5 Å². The topological polar surface area (TPSA) is 58.0 Å². The van der Waals surface area contributed by atoms with Gasteiger partial charge in [0.2, 0.25) is 0 Å². The summed E-state index contributed by atoms with van der Waals surface area (Å²) in [5, 5.41) is 0. The summed E-state index contributed by atoms with van der Waals surface area (Å²) in [5.74, 6) is 0.718. The molecule has 7 heteroatoms. The van der Waals surface area contributed by atoms with Crippen LogP contribution in [0.15, 0.2) is 77.9 Å². The van der Waals surface area contributed by atoms with Crippen LogP contribution >= 0.6 is 0 Å². The van der Waals surface area contributed by atoms with Gasteiger partial charge < -0.3 is 17.1 Å². The van der Waals surface area contributed by atoms with Crippen molar-refractivity contribution in [1.82, 2.24) is 9.88 Å². The average Bonchev–Trinajstić information content (AvgIpc) is 3.62. The van der Waals surface area contributed by atoms with E-state index in [0.29, 0.717) is 6.54 Å². The molecule has 0 bridgehead atoms. The van der Waals surface area contributed by atoms with Gasteiger partial charge in [-0.2, -0.15) is 0 Å². The maximum atomic E-state index is 12.8. The zero-order valence-corrected chi connectivity index (χ0v) is 25.6. The predicted molar refractivity (Wildman–Crippen MR) is 151 cm³/mol. The third-order valence-electron chi connectivity index (χ3n) is 6.81. The molecule has 0 unspecified atom stereocenters. The largest absolute Gasteiger partial charge is 1.00 e. The van der Waals surface area contributed by atoms with E-state index < -0.39 is 5.60 Å². The number of piperazine rings is 1. The molecule has 1 amide bonds. The second-order valence-electron chi connectivity index (χ2n) is 10.8. The number of hydrogen-bond acceptors (Lipinski definition) is 5. The molecule has 2 fully saturated rings. The molecule has 1 aliphatic carbocycles. The van der Waals surface area contributed by atoms with Crippen LogP contribution < -0.4 is 34.5 Å². The molecule has 0 N–H and O–H groups in total. The van der Waals surface area contributed by atoms with Crippen molar-refractivity contribution in [1.29, 1.82) is 0 Å². The molecule has 194 valence electrons. The number of amides is 1. The molecular weight excluding hydrogens is 483 g/mol. The number of carbonyl (C=O) groups is 1. The number of benzene rings is 2. The van der Waals surface area contributed by atoms with Gasteiger partial charge in [0.05, 0.1) is 23.1 Å². The molecule has 1 aliphatic heterocycles. The molecule has 38 heavy (non-hydrogen) atoms. The van der Waals surface area contributed by atoms with Gasteiger partial charge in [0, 0.05) is 30.8 Å². The first-order chi connectivity index (χ1) is 17.2. The quantitative estimate of drug-likeness (QED) is 0.300. The van der Waals surface area contributed by atoms with E-state index in [0.717, 1.165) is 59.8 Å². The summed E-state index contributed by atoms with van der Waals surface area (Å²) in [4.78, 5) is 26.9. The van der Waals surface area contributed by atoms with E-state index in [-0.39, 0.29) is 48.6 Å². The Morgan fingerprint density at radius 1 is 0.974 bits per heavy atom. The molecular formula is C31H37N4NaO2. The zero-order chi connectivity index (χ0) is 25.3. The van der Waals surface area contributed by atoms with Gasteiger partial charge in [0.15, 0.2) is 5.82 Å². The van der Waals surface area contributed by atoms with E-state index in [4.69, 9.17) is 14.7 Å².